The molecule has 0 radical (unpaired) electrons. The summed E-state index contributed by atoms with van der Waals surface area (Å²) in [4.78, 5) is 21.0. The maximum atomic E-state index is 12.2. The summed E-state index contributed by atoms with van der Waals surface area (Å²) in [5.41, 5.74) is 2.83. The number of para-hydroxylation sites is 2. The lowest BCUT2D eigenvalue weighted by molar-refractivity contribution is -0.134. The van der Waals surface area contributed by atoms with Crippen LogP contribution in [0.15, 0.2) is 29.4 Å². The summed E-state index contributed by atoms with van der Waals surface area (Å²) in [6, 6.07) is 7.18. The third kappa shape index (κ3) is 4.71. The average molecular weight is 346 g/mol. The molecule has 0 atom stereocenters. The highest BCUT2D eigenvalue weighted by molar-refractivity contribution is 7.98. The minimum Gasteiger partial charge on any atom is -0.490 e. The molecule has 0 aliphatic rings. The van der Waals surface area contributed by atoms with Crippen LogP contribution in [-0.4, -0.2) is 28.8 Å². The van der Waals surface area contributed by atoms with Crippen LogP contribution in [-0.2, 0) is 11.2 Å². The summed E-state index contributed by atoms with van der Waals surface area (Å²) < 4.78 is 10.9. The highest BCUT2D eigenvalue weighted by Gasteiger charge is 2.13. The Hall–Kier alpha value is -2.08. The van der Waals surface area contributed by atoms with E-state index in [1.807, 2.05) is 39.2 Å². The minimum atomic E-state index is -0.296. The van der Waals surface area contributed by atoms with E-state index in [0.717, 1.165) is 22.1 Å². The molecule has 1 aromatic carbocycles. The van der Waals surface area contributed by atoms with Gasteiger partial charge in [0.2, 0.25) is 0 Å². The molecule has 0 saturated carbocycles. The van der Waals surface area contributed by atoms with E-state index in [9.17, 15) is 4.79 Å². The van der Waals surface area contributed by atoms with Crippen LogP contribution in [0.1, 0.15) is 30.3 Å². The summed E-state index contributed by atoms with van der Waals surface area (Å²) in [6.07, 6.45) is 2.77. The molecule has 0 amide bonds. The Labute approximate surface area is 146 Å². The molecule has 0 spiro atoms. The zero-order valence-electron chi connectivity index (χ0n) is 14.5. The van der Waals surface area contributed by atoms with Gasteiger partial charge in [-0.15, -0.1) is 0 Å². The number of carbonyl (C=O) groups excluding carboxylic acids is 1. The van der Waals surface area contributed by atoms with Gasteiger partial charge in [0.25, 0.3) is 0 Å². The summed E-state index contributed by atoms with van der Waals surface area (Å²) in [6.45, 7) is 6.30. The van der Waals surface area contributed by atoms with Crippen molar-refractivity contribution < 1.29 is 14.3 Å². The van der Waals surface area contributed by atoms with Crippen molar-refractivity contribution in [2.24, 2.45) is 0 Å². The lowest BCUT2D eigenvalue weighted by atomic mass is 10.1. The van der Waals surface area contributed by atoms with E-state index >= 15 is 0 Å². The van der Waals surface area contributed by atoms with Gasteiger partial charge >= 0.3 is 5.97 Å². The molecular formula is C18H22N2O3S. The van der Waals surface area contributed by atoms with Crippen molar-refractivity contribution in [1.82, 2.24) is 9.97 Å². The van der Waals surface area contributed by atoms with Crippen LogP contribution < -0.4 is 9.47 Å². The second-order valence-corrected chi connectivity index (χ2v) is 5.99. The molecule has 5 nitrogen and oxygen atoms in total. The molecule has 0 bridgehead atoms. The molecule has 0 aliphatic carbocycles. The van der Waals surface area contributed by atoms with E-state index in [0.29, 0.717) is 24.5 Å². The molecule has 0 aliphatic heterocycles. The fourth-order valence-electron chi connectivity index (χ4n) is 2.37. The van der Waals surface area contributed by atoms with Gasteiger partial charge in [-0.3, -0.25) is 4.79 Å². The van der Waals surface area contributed by atoms with Crippen LogP contribution in [0.2, 0.25) is 0 Å². The van der Waals surface area contributed by atoms with Crippen molar-refractivity contribution in [1.29, 1.82) is 0 Å². The Kier molecular flexibility index (Phi) is 6.61. The van der Waals surface area contributed by atoms with E-state index in [4.69, 9.17) is 9.47 Å². The monoisotopic (exact) mass is 346 g/mol. The van der Waals surface area contributed by atoms with Crippen molar-refractivity contribution >= 4 is 17.7 Å². The first-order valence-electron chi connectivity index (χ1n) is 7.85. The van der Waals surface area contributed by atoms with E-state index in [1.54, 1.807) is 12.1 Å². The lowest BCUT2D eigenvalue weighted by Gasteiger charge is -2.11. The van der Waals surface area contributed by atoms with Crippen LogP contribution in [0.25, 0.3) is 0 Å². The number of hydrogen-bond donors (Lipinski definition) is 0. The van der Waals surface area contributed by atoms with Gasteiger partial charge in [0.15, 0.2) is 16.7 Å². The van der Waals surface area contributed by atoms with Crippen LogP contribution in [0.4, 0.5) is 0 Å². The van der Waals surface area contributed by atoms with E-state index in [2.05, 4.69) is 9.97 Å². The SMILES string of the molecule is CCOc1ccccc1OC(=O)CCc1c(C)nc(SC)nc1C. The number of thioether (sulfide) groups is 1. The molecule has 0 N–H and O–H groups in total. The first kappa shape index (κ1) is 18.3. The Morgan fingerprint density at radius 2 is 1.75 bits per heavy atom. The normalized spacial score (nSPS) is 10.5. The predicted octanol–water partition coefficient (Wildman–Crippen LogP) is 3.75. The second-order valence-electron chi connectivity index (χ2n) is 5.21. The van der Waals surface area contributed by atoms with Gasteiger partial charge in [-0.25, -0.2) is 9.97 Å². The van der Waals surface area contributed by atoms with Crippen molar-refractivity contribution in [3.05, 3.63) is 41.2 Å². The number of esters is 1. The third-order valence-corrected chi connectivity index (χ3v) is 4.08. The number of aryl methyl sites for hydroxylation is 2. The molecular weight excluding hydrogens is 324 g/mol. The van der Waals surface area contributed by atoms with Crippen molar-refractivity contribution in [2.75, 3.05) is 12.9 Å². The van der Waals surface area contributed by atoms with Crippen molar-refractivity contribution in [2.45, 2.75) is 38.8 Å². The highest BCUT2D eigenvalue weighted by atomic mass is 32.2. The number of hydrogen-bond acceptors (Lipinski definition) is 6. The zero-order valence-corrected chi connectivity index (χ0v) is 15.3. The molecule has 0 fully saturated rings. The van der Waals surface area contributed by atoms with E-state index in [-0.39, 0.29) is 12.4 Å². The highest BCUT2D eigenvalue weighted by Crippen LogP contribution is 2.27. The maximum Gasteiger partial charge on any atom is 0.311 e. The second kappa shape index (κ2) is 8.68. The number of nitrogens with zero attached hydrogens (tertiary/aromatic N) is 2. The van der Waals surface area contributed by atoms with Crippen LogP contribution in [0, 0.1) is 13.8 Å². The van der Waals surface area contributed by atoms with Gasteiger partial charge in [0.05, 0.1) is 13.0 Å². The Morgan fingerprint density at radius 3 is 2.33 bits per heavy atom. The fraction of sp³-hybridized carbons (Fsp3) is 0.389. The maximum absolute atomic E-state index is 12.2. The fourth-order valence-corrected chi connectivity index (χ4v) is 2.83. The Bertz CT molecular complexity index is 696. The minimum absolute atomic E-state index is 0.268. The number of carbonyl (C=O) groups is 1. The van der Waals surface area contributed by atoms with Crippen LogP contribution in [0.3, 0.4) is 0 Å². The zero-order chi connectivity index (χ0) is 17.5. The third-order valence-electron chi connectivity index (χ3n) is 3.53. The molecule has 24 heavy (non-hydrogen) atoms. The van der Waals surface area contributed by atoms with Crippen molar-refractivity contribution in [3.8, 4) is 11.5 Å². The molecule has 2 rings (SSSR count). The number of ether oxygens (including phenoxy) is 2. The molecule has 0 saturated heterocycles. The van der Waals surface area contributed by atoms with Gasteiger partial charge in [-0.2, -0.15) is 0 Å². The molecule has 1 heterocycles. The quantitative estimate of drug-likeness (QED) is 0.329. The average Bonchev–Trinajstić information content (AvgIpc) is 2.56. The smallest absolute Gasteiger partial charge is 0.311 e. The van der Waals surface area contributed by atoms with Gasteiger partial charge < -0.3 is 9.47 Å². The van der Waals surface area contributed by atoms with E-state index < -0.39 is 0 Å². The molecule has 6 heteroatoms. The number of aromatic nitrogens is 2. The molecule has 2 aromatic rings. The Balaban J connectivity index is 2.02. The summed E-state index contributed by atoms with van der Waals surface area (Å²) >= 11 is 1.51. The lowest BCUT2D eigenvalue weighted by Crippen LogP contribution is -2.12. The van der Waals surface area contributed by atoms with Gasteiger partial charge in [-0.1, -0.05) is 23.9 Å². The Morgan fingerprint density at radius 1 is 1.12 bits per heavy atom. The van der Waals surface area contributed by atoms with Crippen molar-refractivity contribution in [3.63, 3.8) is 0 Å². The molecule has 1 aromatic heterocycles. The van der Waals surface area contributed by atoms with Gasteiger partial charge in [0.1, 0.15) is 0 Å². The molecule has 128 valence electrons. The summed E-state index contributed by atoms with van der Waals surface area (Å²) in [5, 5.41) is 0.752. The first-order chi connectivity index (χ1) is 11.5. The van der Waals surface area contributed by atoms with Gasteiger partial charge in [-0.05, 0) is 51.1 Å². The largest absolute Gasteiger partial charge is 0.490 e. The topological polar surface area (TPSA) is 61.3 Å². The van der Waals surface area contributed by atoms with Crippen LogP contribution >= 0.6 is 11.8 Å². The first-order valence-corrected chi connectivity index (χ1v) is 9.08. The summed E-state index contributed by atoms with van der Waals surface area (Å²) in [5.74, 6) is 0.732. The molecule has 0 unspecified atom stereocenters. The standard InChI is InChI=1S/C18H22N2O3S/c1-5-22-15-8-6-7-9-16(15)23-17(21)11-10-14-12(2)19-18(24-4)20-13(14)3/h6-9H,5,10-11H2,1-4H3. The number of rotatable bonds is 7. The van der Waals surface area contributed by atoms with Crippen LogP contribution in [0.5, 0.6) is 11.5 Å². The van der Waals surface area contributed by atoms with E-state index in [1.165, 1.54) is 11.8 Å². The van der Waals surface area contributed by atoms with Gasteiger partial charge in [0, 0.05) is 11.4 Å². The summed E-state index contributed by atoms with van der Waals surface area (Å²) in [7, 11) is 0. The number of benzene rings is 1. The predicted molar refractivity (Wildman–Crippen MR) is 94.9 cm³/mol.